The third-order valence-electron chi connectivity index (χ3n) is 1.80. The first-order valence-corrected chi connectivity index (χ1v) is 6.33. The summed E-state index contributed by atoms with van der Waals surface area (Å²) in [5.74, 6) is 0.835. The molecule has 0 saturated heterocycles. The van der Waals surface area contributed by atoms with Crippen LogP contribution in [0.1, 0.15) is 40.2 Å². The zero-order chi connectivity index (χ0) is 13.7. The standard InChI is InChI=1S/C10H14O3.2C2H6/c1-2-8-3-4-9(7-10(8)12)13-6-5-11;2*1-2/h3-4,7,11-12H,2,5-6H2,1H3;2*1-2H3. The molecule has 1 aromatic carbocycles. The van der Waals surface area contributed by atoms with Gasteiger partial charge < -0.3 is 14.9 Å². The fraction of sp³-hybridized carbons (Fsp3) is 0.571. The number of phenolic OH excluding ortho intramolecular Hbond substituents is 1. The van der Waals surface area contributed by atoms with Gasteiger partial charge in [-0.2, -0.15) is 0 Å². The highest BCUT2D eigenvalue weighted by atomic mass is 16.5. The van der Waals surface area contributed by atoms with Crippen molar-refractivity contribution < 1.29 is 14.9 Å². The highest BCUT2D eigenvalue weighted by Crippen LogP contribution is 2.23. The molecule has 0 radical (unpaired) electrons. The molecule has 1 aromatic rings. The normalized spacial score (nSPS) is 8.35. The Kier molecular flexibility index (Phi) is 13.7. The van der Waals surface area contributed by atoms with E-state index in [1.807, 2.05) is 40.7 Å². The van der Waals surface area contributed by atoms with E-state index in [1.54, 1.807) is 12.1 Å². The highest BCUT2D eigenvalue weighted by Gasteiger charge is 2.00. The van der Waals surface area contributed by atoms with Crippen molar-refractivity contribution in [3.63, 3.8) is 0 Å². The monoisotopic (exact) mass is 242 g/mol. The van der Waals surface area contributed by atoms with Crippen LogP contribution >= 0.6 is 0 Å². The van der Waals surface area contributed by atoms with Crippen molar-refractivity contribution in [1.82, 2.24) is 0 Å². The van der Waals surface area contributed by atoms with Crippen molar-refractivity contribution in [3.8, 4) is 11.5 Å². The second-order valence-electron chi connectivity index (χ2n) is 2.72. The van der Waals surface area contributed by atoms with Gasteiger partial charge in [-0.3, -0.25) is 0 Å². The third-order valence-corrected chi connectivity index (χ3v) is 1.80. The summed E-state index contributed by atoms with van der Waals surface area (Å²) < 4.78 is 5.13. The van der Waals surface area contributed by atoms with E-state index in [1.165, 1.54) is 0 Å². The molecule has 0 spiro atoms. The number of ether oxygens (including phenoxy) is 1. The van der Waals surface area contributed by atoms with Gasteiger partial charge in [0.15, 0.2) is 0 Å². The Labute approximate surface area is 105 Å². The number of hydrogen-bond donors (Lipinski definition) is 2. The van der Waals surface area contributed by atoms with Crippen molar-refractivity contribution in [2.75, 3.05) is 13.2 Å². The van der Waals surface area contributed by atoms with E-state index in [2.05, 4.69) is 0 Å². The zero-order valence-corrected chi connectivity index (χ0v) is 11.7. The van der Waals surface area contributed by atoms with E-state index in [0.29, 0.717) is 5.75 Å². The van der Waals surface area contributed by atoms with Gasteiger partial charge in [0.1, 0.15) is 18.1 Å². The van der Waals surface area contributed by atoms with Gasteiger partial charge in [-0.25, -0.2) is 0 Å². The number of aromatic hydroxyl groups is 1. The lowest BCUT2D eigenvalue weighted by atomic mass is 10.1. The highest BCUT2D eigenvalue weighted by molar-refractivity contribution is 5.39. The van der Waals surface area contributed by atoms with Crippen LogP contribution in [-0.2, 0) is 6.42 Å². The predicted molar refractivity (Wildman–Crippen MR) is 72.8 cm³/mol. The van der Waals surface area contributed by atoms with Crippen LogP contribution in [0.25, 0.3) is 0 Å². The summed E-state index contributed by atoms with van der Waals surface area (Å²) in [4.78, 5) is 0. The minimum Gasteiger partial charge on any atom is -0.508 e. The number of benzene rings is 1. The van der Waals surface area contributed by atoms with Crippen LogP contribution in [0, 0.1) is 0 Å². The predicted octanol–water partition coefficient (Wildman–Crippen LogP) is 3.38. The van der Waals surface area contributed by atoms with Crippen molar-refractivity contribution in [3.05, 3.63) is 23.8 Å². The molecule has 3 nitrogen and oxygen atoms in total. The molecule has 17 heavy (non-hydrogen) atoms. The van der Waals surface area contributed by atoms with Gasteiger partial charge in [0.2, 0.25) is 0 Å². The van der Waals surface area contributed by atoms with Crippen LogP contribution in [-0.4, -0.2) is 23.4 Å². The first kappa shape index (κ1) is 18.2. The summed E-state index contributed by atoms with van der Waals surface area (Å²) in [6.07, 6.45) is 0.798. The molecular formula is C14H26O3. The van der Waals surface area contributed by atoms with Gasteiger partial charge in [0.25, 0.3) is 0 Å². The van der Waals surface area contributed by atoms with Crippen LogP contribution in [0.5, 0.6) is 11.5 Å². The average molecular weight is 242 g/mol. The lowest BCUT2D eigenvalue weighted by Crippen LogP contribution is -2.01. The third kappa shape index (κ3) is 7.64. The Hall–Kier alpha value is -1.22. The summed E-state index contributed by atoms with van der Waals surface area (Å²) in [6, 6.07) is 5.17. The fourth-order valence-corrected chi connectivity index (χ4v) is 1.10. The van der Waals surface area contributed by atoms with Gasteiger partial charge in [-0.1, -0.05) is 40.7 Å². The van der Waals surface area contributed by atoms with Crippen LogP contribution in [0.2, 0.25) is 0 Å². The minimum absolute atomic E-state index is 0.0176. The molecule has 0 heterocycles. The van der Waals surface area contributed by atoms with Crippen molar-refractivity contribution >= 4 is 0 Å². The SMILES string of the molecule is CC.CC.CCc1ccc(OCCO)cc1O. The quantitative estimate of drug-likeness (QED) is 0.851. The number of aliphatic hydroxyl groups is 1. The summed E-state index contributed by atoms with van der Waals surface area (Å²) >= 11 is 0. The Morgan fingerprint density at radius 1 is 1.12 bits per heavy atom. The maximum atomic E-state index is 9.45. The number of phenols is 1. The lowest BCUT2D eigenvalue weighted by Gasteiger charge is -2.06. The van der Waals surface area contributed by atoms with Crippen LogP contribution in [0.3, 0.4) is 0 Å². The van der Waals surface area contributed by atoms with Gasteiger partial charge in [0, 0.05) is 6.07 Å². The van der Waals surface area contributed by atoms with Crippen molar-refractivity contribution in [1.29, 1.82) is 0 Å². The minimum atomic E-state index is -0.0176. The van der Waals surface area contributed by atoms with Gasteiger partial charge in [-0.05, 0) is 18.1 Å². The topological polar surface area (TPSA) is 49.7 Å². The molecule has 2 N–H and O–H groups in total. The number of aliphatic hydroxyl groups excluding tert-OH is 1. The summed E-state index contributed by atoms with van der Waals surface area (Å²) in [7, 11) is 0. The largest absolute Gasteiger partial charge is 0.508 e. The van der Waals surface area contributed by atoms with Crippen LogP contribution < -0.4 is 4.74 Å². The molecule has 0 unspecified atom stereocenters. The summed E-state index contributed by atoms with van der Waals surface area (Å²) in [5.41, 5.74) is 0.899. The molecule has 0 atom stereocenters. The molecular weight excluding hydrogens is 216 g/mol. The average Bonchev–Trinajstić information content (AvgIpc) is 2.41. The molecule has 0 aliphatic rings. The number of aryl methyl sites for hydroxylation is 1. The first-order valence-electron chi connectivity index (χ1n) is 6.33. The van der Waals surface area contributed by atoms with Crippen LogP contribution in [0.15, 0.2) is 18.2 Å². The maximum absolute atomic E-state index is 9.45. The second-order valence-corrected chi connectivity index (χ2v) is 2.72. The van der Waals surface area contributed by atoms with E-state index in [9.17, 15) is 5.11 Å². The lowest BCUT2D eigenvalue weighted by molar-refractivity contribution is 0.201. The summed E-state index contributed by atoms with van der Waals surface area (Å²) in [6.45, 7) is 10.2. The molecule has 1 rings (SSSR count). The summed E-state index contributed by atoms with van der Waals surface area (Å²) in [5, 5.41) is 18.0. The Balaban J connectivity index is 0. The fourth-order valence-electron chi connectivity index (χ4n) is 1.10. The Morgan fingerprint density at radius 2 is 1.71 bits per heavy atom. The van der Waals surface area contributed by atoms with E-state index in [0.717, 1.165) is 12.0 Å². The molecule has 100 valence electrons. The van der Waals surface area contributed by atoms with Gasteiger partial charge in [-0.15, -0.1) is 0 Å². The van der Waals surface area contributed by atoms with E-state index in [4.69, 9.17) is 9.84 Å². The number of rotatable bonds is 4. The van der Waals surface area contributed by atoms with Gasteiger partial charge in [0.05, 0.1) is 6.61 Å². The maximum Gasteiger partial charge on any atom is 0.123 e. The molecule has 0 aromatic heterocycles. The molecule has 0 amide bonds. The second kappa shape index (κ2) is 12.8. The van der Waals surface area contributed by atoms with E-state index >= 15 is 0 Å². The van der Waals surface area contributed by atoms with Crippen molar-refractivity contribution in [2.45, 2.75) is 41.0 Å². The zero-order valence-electron chi connectivity index (χ0n) is 11.7. The van der Waals surface area contributed by atoms with E-state index in [-0.39, 0.29) is 19.0 Å². The molecule has 0 bridgehead atoms. The molecule has 0 aliphatic heterocycles. The Morgan fingerprint density at radius 3 is 2.12 bits per heavy atom. The molecule has 0 fully saturated rings. The number of hydrogen-bond acceptors (Lipinski definition) is 3. The Bertz CT molecular complexity index is 272. The first-order chi connectivity index (χ1) is 8.27. The van der Waals surface area contributed by atoms with Crippen LogP contribution in [0.4, 0.5) is 0 Å². The molecule has 0 saturated carbocycles. The van der Waals surface area contributed by atoms with Crippen molar-refractivity contribution in [2.24, 2.45) is 0 Å². The van der Waals surface area contributed by atoms with E-state index < -0.39 is 0 Å². The smallest absolute Gasteiger partial charge is 0.123 e. The molecule has 0 aliphatic carbocycles. The van der Waals surface area contributed by atoms with Gasteiger partial charge >= 0.3 is 0 Å². The molecule has 3 heteroatoms.